The third-order valence-corrected chi connectivity index (χ3v) is 4.89. The Kier molecular flexibility index (Phi) is 4.75. The van der Waals surface area contributed by atoms with Gasteiger partial charge in [-0.3, -0.25) is 9.59 Å². The molecular formula is C14H20N2O3S. The summed E-state index contributed by atoms with van der Waals surface area (Å²) < 4.78 is 0. The van der Waals surface area contributed by atoms with Crippen LogP contribution in [-0.4, -0.2) is 33.9 Å². The Labute approximate surface area is 122 Å². The van der Waals surface area contributed by atoms with Gasteiger partial charge in [-0.05, 0) is 26.2 Å². The average Bonchev–Trinajstić information content (AvgIpc) is 2.83. The summed E-state index contributed by atoms with van der Waals surface area (Å²) in [4.78, 5) is 30.5. The molecule has 0 unspecified atom stereocenters. The van der Waals surface area contributed by atoms with Crippen LogP contribution in [0.5, 0.6) is 0 Å². The molecule has 110 valence electrons. The molecule has 5 nitrogen and oxygen atoms in total. The lowest BCUT2D eigenvalue weighted by atomic mass is 9.81. The van der Waals surface area contributed by atoms with Crippen molar-refractivity contribution in [3.05, 3.63) is 16.1 Å². The van der Waals surface area contributed by atoms with E-state index in [-0.39, 0.29) is 17.7 Å². The number of carboxylic acid groups (broad SMARTS) is 1. The first kappa shape index (κ1) is 15.0. The summed E-state index contributed by atoms with van der Waals surface area (Å²) in [7, 11) is 1.78. The van der Waals surface area contributed by atoms with Crippen LogP contribution in [0, 0.1) is 18.8 Å². The van der Waals surface area contributed by atoms with Gasteiger partial charge in [-0.1, -0.05) is 6.42 Å². The van der Waals surface area contributed by atoms with Crippen molar-refractivity contribution in [2.45, 2.75) is 39.2 Å². The van der Waals surface area contributed by atoms with E-state index in [2.05, 4.69) is 4.98 Å². The van der Waals surface area contributed by atoms with E-state index in [9.17, 15) is 9.59 Å². The van der Waals surface area contributed by atoms with E-state index in [4.69, 9.17) is 5.11 Å². The number of hydrogen-bond donors (Lipinski definition) is 1. The van der Waals surface area contributed by atoms with Crippen molar-refractivity contribution >= 4 is 23.2 Å². The highest BCUT2D eigenvalue weighted by Gasteiger charge is 2.32. The third-order valence-electron chi connectivity index (χ3n) is 3.97. The molecule has 0 aromatic carbocycles. The molecule has 2 rings (SSSR count). The van der Waals surface area contributed by atoms with Gasteiger partial charge in [-0.2, -0.15) is 0 Å². The van der Waals surface area contributed by atoms with Crippen LogP contribution in [0.1, 0.15) is 36.3 Å². The summed E-state index contributed by atoms with van der Waals surface area (Å²) in [6.45, 7) is 2.49. The Balaban J connectivity index is 1.96. The molecule has 1 saturated carbocycles. The van der Waals surface area contributed by atoms with Crippen LogP contribution in [0.25, 0.3) is 0 Å². The summed E-state index contributed by atoms with van der Waals surface area (Å²) >= 11 is 1.55. The molecule has 1 heterocycles. The minimum absolute atomic E-state index is 0.0590. The van der Waals surface area contributed by atoms with Crippen LogP contribution in [0.2, 0.25) is 0 Å². The normalized spacial score (nSPS) is 22.5. The molecule has 1 aromatic rings. The minimum Gasteiger partial charge on any atom is -0.481 e. The van der Waals surface area contributed by atoms with E-state index in [1.807, 2.05) is 6.92 Å². The van der Waals surface area contributed by atoms with E-state index in [1.54, 1.807) is 28.8 Å². The smallest absolute Gasteiger partial charge is 0.306 e. The second kappa shape index (κ2) is 6.35. The molecule has 1 aliphatic rings. The van der Waals surface area contributed by atoms with Crippen LogP contribution < -0.4 is 0 Å². The molecule has 0 bridgehead atoms. The highest BCUT2D eigenvalue weighted by molar-refractivity contribution is 7.09. The Bertz CT molecular complexity index is 500. The topological polar surface area (TPSA) is 70.5 Å². The molecule has 0 radical (unpaired) electrons. The van der Waals surface area contributed by atoms with Gasteiger partial charge in [0, 0.05) is 17.8 Å². The van der Waals surface area contributed by atoms with Crippen molar-refractivity contribution in [3.63, 3.8) is 0 Å². The zero-order valence-electron chi connectivity index (χ0n) is 11.8. The summed E-state index contributed by atoms with van der Waals surface area (Å²) in [5, 5.41) is 9.09. The van der Waals surface area contributed by atoms with E-state index >= 15 is 0 Å². The number of rotatable bonds is 4. The largest absolute Gasteiger partial charge is 0.481 e. The number of hydrogen-bond acceptors (Lipinski definition) is 4. The van der Waals surface area contributed by atoms with Crippen LogP contribution in [0.4, 0.5) is 0 Å². The van der Waals surface area contributed by atoms with Gasteiger partial charge in [0.25, 0.3) is 0 Å². The fourth-order valence-corrected chi connectivity index (χ4v) is 3.55. The minimum atomic E-state index is -0.775. The van der Waals surface area contributed by atoms with Gasteiger partial charge < -0.3 is 10.0 Å². The lowest BCUT2D eigenvalue weighted by molar-refractivity contribution is -0.145. The van der Waals surface area contributed by atoms with Crippen LogP contribution >= 0.6 is 11.3 Å². The maximum Gasteiger partial charge on any atom is 0.306 e. The van der Waals surface area contributed by atoms with Crippen LogP contribution in [0.15, 0.2) is 5.51 Å². The van der Waals surface area contributed by atoms with Crippen molar-refractivity contribution in [1.82, 2.24) is 9.88 Å². The molecule has 1 fully saturated rings. The fraction of sp³-hybridized carbons (Fsp3) is 0.643. The van der Waals surface area contributed by atoms with Crippen molar-refractivity contribution in [3.8, 4) is 0 Å². The second-order valence-electron chi connectivity index (χ2n) is 5.45. The van der Waals surface area contributed by atoms with Gasteiger partial charge >= 0.3 is 5.97 Å². The summed E-state index contributed by atoms with van der Waals surface area (Å²) in [5.41, 5.74) is 2.74. The lowest BCUT2D eigenvalue weighted by Gasteiger charge is -2.29. The van der Waals surface area contributed by atoms with Crippen molar-refractivity contribution < 1.29 is 14.7 Å². The number of carboxylic acids is 1. The summed E-state index contributed by atoms with van der Waals surface area (Å²) in [6, 6.07) is 0. The molecule has 20 heavy (non-hydrogen) atoms. The number of carbonyl (C=O) groups excluding carboxylic acids is 1. The SMILES string of the molecule is Cc1ncsc1CN(C)C(=O)[C@H]1CCC[C@H](C(=O)O)C1. The highest BCUT2D eigenvalue weighted by atomic mass is 32.1. The molecule has 1 aliphatic carbocycles. The molecule has 1 amide bonds. The number of amides is 1. The molecule has 0 aliphatic heterocycles. The van der Waals surface area contributed by atoms with Crippen molar-refractivity contribution in [2.24, 2.45) is 11.8 Å². The number of nitrogens with zero attached hydrogens (tertiary/aromatic N) is 2. The Hall–Kier alpha value is -1.43. The Morgan fingerprint density at radius 1 is 1.45 bits per heavy atom. The standard InChI is InChI=1S/C14H20N2O3S/c1-9-12(20-8-15-9)7-16(2)13(17)10-4-3-5-11(6-10)14(18)19/h8,10-11H,3-7H2,1-2H3,(H,18,19)/t10-,11-/m0/s1. The number of thiazole rings is 1. The van der Waals surface area contributed by atoms with E-state index in [0.29, 0.717) is 19.4 Å². The molecule has 0 spiro atoms. The molecule has 6 heteroatoms. The number of aryl methyl sites for hydroxylation is 1. The van der Waals surface area contributed by atoms with Gasteiger partial charge in [0.2, 0.25) is 5.91 Å². The predicted octanol–water partition coefficient (Wildman–Crippen LogP) is 2.30. The first-order valence-electron chi connectivity index (χ1n) is 6.85. The highest BCUT2D eigenvalue weighted by Crippen LogP contribution is 2.30. The molecular weight excluding hydrogens is 276 g/mol. The molecule has 1 N–H and O–H groups in total. The quantitative estimate of drug-likeness (QED) is 0.925. The number of carbonyl (C=O) groups is 2. The predicted molar refractivity (Wildman–Crippen MR) is 76.4 cm³/mol. The summed E-state index contributed by atoms with van der Waals surface area (Å²) in [6.07, 6.45) is 2.78. The molecule has 2 atom stereocenters. The monoisotopic (exact) mass is 296 g/mol. The number of aromatic nitrogens is 1. The fourth-order valence-electron chi connectivity index (χ4n) is 2.72. The van der Waals surface area contributed by atoms with Crippen LogP contribution in [-0.2, 0) is 16.1 Å². The zero-order chi connectivity index (χ0) is 14.7. The Morgan fingerprint density at radius 3 is 2.75 bits per heavy atom. The summed E-state index contributed by atoms with van der Waals surface area (Å²) in [5.74, 6) is -1.23. The van der Waals surface area contributed by atoms with Gasteiger partial charge in [-0.25, -0.2) is 4.98 Å². The van der Waals surface area contributed by atoms with Crippen molar-refractivity contribution in [1.29, 1.82) is 0 Å². The first-order chi connectivity index (χ1) is 9.49. The van der Waals surface area contributed by atoms with E-state index in [1.165, 1.54) is 0 Å². The maximum atomic E-state index is 12.4. The van der Waals surface area contributed by atoms with Gasteiger partial charge in [0.15, 0.2) is 0 Å². The molecule has 1 aromatic heterocycles. The maximum absolute atomic E-state index is 12.4. The van der Waals surface area contributed by atoms with Crippen molar-refractivity contribution in [2.75, 3.05) is 7.05 Å². The van der Waals surface area contributed by atoms with Gasteiger partial charge in [0.05, 0.1) is 23.7 Å². The van der Waals surface area contributed by atoms with Crippen LogP contribution in [0.3, 0.4) is 0 Å². The molecule has 0 saturated heterocycles. The third kappa shape index (κ3) is 3.36. The lowest BCUT2D eigenvalue weighted by Crippen LogP contribution is -2.36. The number of aliphatic carboxylic acids is 1. The van der Waals surface area contributed by atoms with Gasteiger partial charge in [-0.15, -0.1) is 11.3 Å². The van der Waals surface area contributed by atoms with E-state index < -0.39 is 5.97 Å². The average molecular weight is 296 g/mol. The van der Waals surface area contributed by atoms with Gasteiger partial charge in [0.1, 0.15) is 0 Å². The second-order valence-corrected chi connectivity index (χ2v) is 6.39. The Morgan fingerprint density at radius 2 is 2.15 bits per heavy atom. The van der Waals surface area contributed by atoms with E-state index in [0.717, 1.165) is 23.4 Å². The first-order valence-corrected chi connectivity index (χ1v) is 7.73. The zero-order valence-corrected chi connectivity index (χ0v) is 12.7.